The lowest BCUT2D eigenvalue weighted by molar-refractivity contribution is -0.130. The summed E-state index contributed by atoms with van der Waals surface area (Å²) in [5, 5.41) is 6.40. The van der Waals surface area contributed by atoms with Crippen LogP contribution in [0.25, 0.3) is 10.4 Å². The van der Waals surface area contributed by atoms with Crippen LogP contribution in [0.3, 0.4) is 0 Å². The van der Waals surface area contributed by atoms with Crippen molar-refractivity contribution < 1.29 is 27.8 Å². The van der Waals surface area contributed by atoms with Crippen LogP contribution in [-0.4, -0.2) is 60.9 Å². The van der Waals surface area contributed by atoms with Gasteiger partial charge in [0.15, 0.2) is 0 Å². The molecule has 4 atom stereocenters. The van der Waals surface area contributed by atoms with E-state index in [9.17, 15) is 18.4 Å². The van der Waals surface area contributed by atoms with E-state index in [0.717, 1.165) is 12.1 Å². The molecule has 0 saturated carbocycles. The molecule has 1 N–H and O–H groups in total. The number of halogens is 2. The zero-order chi connectivity index (χ0) is 24.8. The van der Waals surface area contributed by atoms with Crippen LogP contribution in [0.1, 0.15) is 39.7 Å². The maximum absolute atomic E-state index is 13.8. The van der Waals surface area contributed by atoms with Gasteiger partial charge < -0.3 is 19.7 Å². The van der Waals surface area contributed by atoms with E-state index < -0.39 is 53.3 Å². The maximum Gasteiger partial charge on any atom is 0.410 e. The Bertz CT molecular complexity index is 881. The van der Waals surface area contributed by atoms with Gasteiger partial charge in [-0.1, -0.05) is 18.1 Å². The van der Waals surface area contributed by atoms with Crippen LogP contribution in [0.2, 0.25) is 0 Å². The van der Waals surface area contributed by atoms with E-state index >= 15 is 0 Å². The molecule has 1 heterocycles. The molecule has 0 unspecified atom stereocenters. The molecule has 0 radical (unpaired) electrons. The predicted molar refractivity (Wildman–Crippen MR) is 117 cm³/mol. The van der Waals surface area contributed by atoms with Gasteiger partial charge in [-0.25, -0.2) is 13.6 Å². The number of ether oxygens (including phenoxy) is 2. The molecule has 9 nitrogen and oxygen atoms in total. The minimum Gasteiger partial charge on any atom is -0.444 e. The molecule has 2 rings (SSSR count). The molecule has 0 aliphatic carbocycles. The molecule has 0 spiro atoms. The standard InChI is InChI=1S/C22H31F2N5O4/c1-13(20(30)26-10-9-15-16(23)7-6-8-17(15)24)19(32-5)18-11-14(27-28-25)12-29(18)21(31)33-22(2,3)4/h6-8,13-14,18-19H,9-12H2,1-5H3,(H,26,30)/t13-,14+,18+,19-/m1/s1. The zero-order valence-electron chi connectivity index (χ0n) is 19.5. The first-order valence-electron chi connectivity index (χ1n) is 10.8. The highest BCUT2D eigenvalue weighted by atomic mass is 19.1. The number of nitrogens with zero attached hydrogens (tertiary/aromatic N) is 4. The average Bonchev–Trinajstić information content (AvgIpc) is 3.13. The average molecular weight is 468 g/mol. The number of rotatable bonds is 8. The van der Waals surface area contributed by atoms with Gasteiger partial charge in [0.2, 0.25) is 5.91 Å². The molecule has 0 bridgehead atoms. The minimum atomic E-state index is -0.730. The van der Waals surface area contributed by atoms with Crippen molar-refractivity contribution in [2.45, 2.75) is 64.3 Å². The predicted octanol–water partition coefficient (Wildman–Crippen LogP) is 3.96. The SMILES string of the molecule is CO[C@H]([C@@H](C)C(=O)NCCc1c(F)cccc1F)[C@@H]1C[C@H](N=[N+]=[N-])CN1C(=O)OC(C)(C)C. The van der Waals surface area contributed by atoms with Crippen molar-refractivity contribution in [2.24, 2.45) is 11.0 Å². The highest BCUT2D eigenvalue weighted by molar-refractivity contribution is 5.79. The number of amides is 2. The van der Waals surface area contributed by atoms with Gasteiger partial charge in [-0.2, -0.15) is 0 Å². The molecule has 1 aliphatic heterocycles. The lowest BCUT2D eigenvalue weighted by Crippen LogP contribution is -2.50. The third kappa shape index (κ3) is 7.03. The molecule has 182 valence electrons. The third-order valence-electron chi connectivity index (χ3n) is 5.46. The molecule has 2 amide bonds. The summed E-state index contributed by atoms with van der Waals surface area (Å²) in [6.07, 6.45) is -1.02. The summed E-state index contributed by atoms with van der Waals surface area (Å²) < 4.78 is 38.7. The molecule has 0 aromatic heterocycles. The molecule has 1 aromatic rings. The van der Waals surface area contributed by atoms with E-state index in [-0.39, 0.29) is 25.1 Å². The van der Waals surface area contributed by atoms with Crippen LogP contribution in [0.4, 0.5) is 13.6 Å². The lowest BCUT2D eigenvalue weighted by atomic mass is 9.94. The lowest BCUT2D eigenvalue weighted by Gasteiger charge is -2.34. The van der Waals surface area contributed by atoms with Crippen LogP contribution in [0, 0.1) is 17.6 Å². The monoisotopic (exact) mass is 467 g/mol. The Hall–Kier alpha value is -2.91. The Kier molecular flexibility index (Phi) is 9.01. The van der Waals surface area contributed by atoms with Crippen molar-refractivity contribution in [3.05, 3.63) is 45.8 Å². The second-order valence-electron chi connectivity index (χ2n) is 9.02. The number of likely N-dealkylation sites (tertiary alicyclic amines) is 1. The maximum atomic E-state index is 13.8. The normalized spacial score (nSPS) is 20.0. The molecule has 1 saturated heterocycles. The van der Waals surface area contributed by atoms with Crippen molar-refractivity contribution in [1.29, 1.82) is 0 Å². The highest BCUT2D eigenvalue weighted by Gasteiger charge is 2.44. The quantitative estimate of drug-likeness (QED) is 0.354. The molecular formula is C22H31F2N5O4. The van der Waals surface area contributed by atoms with E-state index in [0.29, 0.717) is 6.42 Å². The smallest absolute Gasteiger partial charge is 0.410 e. The van der Waals surface area contributed by atoms with Gasteiger partial charge in [-0.3, -0.25) is 4.79 Å². The second kappa shape index (κ2) is 11.3. The fourth-order valence-corrected chi connectivity index (χ4v) is 3.93. The molecule has 1 aromatic carbocycles. The number of azide groups is 1. The van der Waals surface area contributed by atoms with Gasteiger partial charge in [0.1, 0.15) is 17.2 Å². The molecule has 1 aliphatic rings. The second-order valence-corrected chi connectivity index (χ2v) is 9.02. The number of methoxy groups -OCH3 is 1. The van der Waals surface area contributed by atoms with Gasteiger partial charge in [-0.05, 0) is 51.3 Å². The molecule has 33 heavy (non-hydrogen) atoms. The van der Waals surface area contributed by atoms with E-state index in [4.69, 9.17) is 15.0 Å². The fourth-order valence-electron chi connectivity index (χ4n) is 3.93. The summed E-state index contributed by atoms with van der Waals surface area (Å²) in [6.45, 7) is 7.03. The summed E-state index contributed by atoms with van der Waals surface area (Å²) in [7, 11) is 1.43. The summed E-state index contributed by atoms with van der Waals surface area (Å²) in [5.74, 6) is -2.44. The number of carbonyl (C=O) groups is 2. The largest absolute Gasteiger partial charge is 0.444 e. The first kappa shape index (κ1) is 26.3. The topological polar surface area (TPSA) is 117 Å². The van der Waals surface area contributed by atoms with Crippen LogP contribution in [0.5, 0.6) is 0 Å². The van der Waals surface area contributed by atoms with Crippen LogP contribution >= 0.6 is 0 Å². The van der Waals surface area contributed by atoms with Gasteiger partial charge in [-0.15, -0.1) is 0 Å². The van der Waals surface area contributed by atoms with Crippen molar-refractivity contribution in [3.8, 4) is 0 Å². The Morgan fingerprint density at radius 2 is 1.97 bits per heavy atom. The molecule has 1 fully saturated rings. The van der Waals surface area contributed by atoms with Gasteiger partial charge in [0.05, 0.1) is 24.1 Å². The van der Waals surface area contributed by atoms with E-state index in [1.54, 1.807) is 27.7 Å². The van der Waals surface area contributed by atoms with E-state index in [2.05, 4.69) is 15.3 Å². The van der Waals surface area contributed by atoms with Crippen LogP contribution in [0.15, 0.2) is 23.3 Å². The zero-order valence-corrected chi connectivity index (χ0v) is 19.5. The van der Waals surface area contributed by atoms with Gasteiger partial charge >= 0.3 is 6.09 Å². The van der Waals surface area contributed by atoms with Gasteiger partial charge in [0, 0.05) is 30.7 Å². The number of hydrogen-bond donors (Lipinski definition) is 1. The van der Waals surface area contributed by atoms with E-state index in [1.807, 2.05) is 0 Å². The number of benzene rings is 1. The Labute approximate surface area is 192 Å². The first-order chi connectivity index (χ1) is 15.5. The van der Waals surface area contributed by atoms with Crippen molar-refractivity contribution in [2.75, 3.05) is 20.2 Å². The van der Waals surface area contributed by atoms with Crippen LogP contribution in [-0.2, 0) is 20.7 Å². The van der Waals surface area contributed by atoms with Crippen molar-refractivity contribution in [1.82, 2.24) is 10.2 Å². The van der Waals surface area contributed by atoms with E-state index in [1.165, 1.54) is 18.1 Å². The third-order valence-corrected chi connectivity index (χ3v) is 5.46. The van der Waals surface area contributed by atoms with Crippen molar-refractivity contribution >= 4 is 12.0 Å². The summed E-state index contributed by atoms with van der Waals surface area (Å²) in [4.78, 5) is 29.8. The fraction of sp³-hybridized carbons (Fsp3) is 0.636. The number of nitrogens with one attached hydrogen (secondary N) is 1. The minimum absolute atomic E-state index is 0.0129. The Morgan fingerprint density at radius 1 is 1.33 bits per heavy atom. The summed E-state index contributed by atoms with van der Waals surface area (Å²) in [6, 6.07) is 2.55. The first-order valence-corrected chi connectivity index (χ1v) is 10.8. The number of hydrogen-bond acceptors (Lipinski definition) is 5. The van der Waals surface area contributed by atoms with Crippen LogP contribution < -0.4 is 5.32 Å². The highest BCUT2D eigenvalue weighted by Crippen LogP contribution is 2.30. The van der Waals surface area contributed by atoms with Gasteiger partial charge in [0.25, 0.3) is 0 Å². The molecular weight excluding hydrogens is 436 g/mol. The summed E-state index contributed by atoms with van der Waals surface area (Å²) >= 11 is 0. The Balaban J connectivity index is 2.09. The summed E-state index contributed by atoms with van der Waals surface area (Å²) in [5.41, 5.74) is 7.99. The Morgan fingerprint density at radius 3 is 2.52 bits per heavy atom. The molecule has 11 heteroatoms. The van der Waals surface area contributed by atoms with Crippen molar-refractivity contribution in [3.63, 3.8) is 0 Å². The number of carbonyl (C=O) groups excluding carboxylic acids is 2.